The van der Waals surface area contributed by atoms with E-state index in [2.05, 4.69) is 47.1 Å². The van der Waals surface area contributed by atoms with E-state index in [0.717, 1.165) is 5.92 Å². The fourth-order valence-corrected chi connectivity index (χ4v) is 3.46. The maximum Gasteiger partial charge on any atom is 0.0397 e. The number of rotatable bonds is 3. The zero-order valence-corrected chi connectivity index (χ0v) is 11.7. The largest absolute Gasteiger partial charge is 0.0839 e. The molecule has 1 unspecified atom stereocenters. The second-order valence-corrected chi connectivity index (χ2v) is 6.22. The first kappa shape index (κ1) is 12.2. The van der Waals surface area contributed by atoms with Crippen molar-refractivity contribution in [2.75, 3.05) is 0 Å². The molecule has 0 aliphatic heterocycles. The summed E-state index contributed by atoms with van der Waals surface area (Å²) in [5, 5.41) is 0. The summed E-state index contributed by atoms with van der Waals surface area (Å²) in [7, 11) is 0. The Balaban J connectivity index is 1.91. The Labute approximate surface area is 108 Å². The molecule has 0 spiro atoms. The van der Waals surface area contributed by atoms with E-state index in [9.17, 15) is 0 Å². The van der Waals surface area contributed by atoms with Crippen molar-refractivity contribution in [1.82, 2.24) is 0 Å². The highest BCUT2D eigenvalue weighted by atomic mass is 79.9. The third-order valence-corrected chi connectivity index (χ3v) is 4.61. The molecule has 1 heteroatoms. The monoisotopic (exact) mass is 280 g/mol. The molecule has 1 aliphatic carbocycles. The highest BCUT2D eigenvalue weighted by Crippen LogP contribution is 2.36. The molecule has 2 rings (SSSR count). The summed E-state index contributed by atoms with van der Waals surface area (Å²) < 4.78 is 0. The highest BCUT2D eigenvalue weighted by molar-refractivity contribution is 9.09. The van der Waals surface area contributed by atoms with Crippen LogP contribution in [0.15, 0.2) is 24.3 Å². The molecule has 1 aromatic rings. The summed E-state index contributed by atoms with van der Waals surface area (Å²) in [6.45, 7) is 2.15. The predicted molar refractivity (Wildman–Crippen MR) is 74.0 cm³/mol. The Hall–Kier alpha value is -0.300. The lowest BCUT2D eigenvalue weighted by Crippen LogP contribution is -2.08. The van der Waals surface area contributed by atoms with E-state index in [1.54, 1.807) is 0 Å². The predicted octanol–water partition coefficient (Wildman–Crippen LogP) is 5.40. The van der Waals surface area contributed by atoms with Gasteiger partial charge in [-0.2, -0.15) is 0 Å². The van der Waals surface area contributed by atoms with Crippen molar-refractivity contribution >= 4 is 15.9 Å². The van der Waals surface area contributed by atoms with Gasteiger partial charge in [0.2, 0.25) is 0 Å². The van der Waals surface area contributed by atoms with Crippen molar-refractivity contribution in [2.45, 2.75) is 50.3 Å². The quantitative estimate of drug-likeness (QED) is 0.650. The molecule has 1 atom stereocenters. The van der Waals surface area contributed by atoms with Gasteiger partial charge in [-0.05, 0) is 24.8 Å². The standard InChI is InChI=1S/C15H21Br/c1-12-7-9-14(10-8-12)15(16)11-13-5-3-2-4-6-13/h7-10,13,15H,2-6,11H2,1H3. The van der Waals surface area contributed by atoms with Crippen molar-refractivity contribution in [2.24, 2.45) is 5.92 Å². The van der Waals surface area contributed by atoms with Crippen LogP contribution in [-0.4, -0.2) is 0 Å². The third-order valence-electron chi connectivity index (χ3n) is 3.70. The summed E-state index contributed by atoms with van der Waals surface area (Å²) >= 11 is 3.85. The molecule has 0 aromatic heterocycles. The van der Waals surface area contributed by atoms with Gasteiger partial charge in [-0.25, -0.2) is 0 Å². The number of benzene rings is 1. The first-order valence-corrected chi connectivity index (χ1v) is 7.38. The molecule has 1 saturated carbocycles. The van der Waals surface area contributed by atoms with E-state index in [1.165, 1.54) is 49.7 Å². The van der Waals surface area contributed by atoms with Gasteiger partial charge in [0.15, 0.2) is 0 Å². The molecule has 0 N–H and O–H groups in total. The lowest BCUT2D eigenvalue weighted by Gasteiger charge is -2.24. The molecular weight excluding hydrogens is 260 g/mol. The van der Waals surface area contributed by atoms with Crippen LogP contribution in [0.5, 0.6) is 0 Å². The van der Waals surface area contributed by atoms with E-state index < -0.39 is 0 Å². The van der Waals surface area contributed by atoms with Gasteiger partial charge in [0.1, 0.15) is 0 Å². The molecule has 1 aromatic carbocycles. The van der Waals surface area contributed by atoms with Crippen molar-refractivity contribution in [1.29, 1.82) is 0 Å². The molecule has 1 aliphatic rings. The lowest BCUT2D eigenvalue weighted by molar-refractivity contribution is 0.338. The first-order valence-electron chi connectivity index (χ1n) is 6.46. The Kier molecular flexibility index (Phi) is 4.45. The fourth-order valence-electron chi connectivity index (χ4n) is 2.63. The number of hydrogen-bond donors (Lipinski definition) is 0. The zero-order valence-electron chi connectivity index (χ0n) is 10.1. The smallest absolute Gasteiger partial charge is 0.0397 e. The molecule has 0 bridgehead atoms. The van der Waals surface area contributed by atoms with Crippen LogP contribution in [0.2, 0.25) is 0 Å². The Morgan fingerprint density at radius 1 is 1.12 bits per heavy atom. The van der Waals surface area contributed by atoms with Gasteiger partial charge in [0.05, 0.1) is 0 Å². The van der Waals surface area contributed by atoms with E-state index in [1.807, 2.05) is 0 Å². The Morgan fingerprint density at radius 3 is 2.38 bits per heavy atom. The van der Waals surface area contributed by atoms with Crippen LogP contribution >= 0.6 is 15.9 Å². The summed E-state index contributed by atoms with van der Waals surface area (Å²) in [5.41, 5.74) is 2.79. The SMILES string of the molecule is Cc1ccc(C(Br)CC2CCCCC2)cc1. The van der Waals surface area contributed by atoms with Crippen LogP contribution in [0.25, 0.3) is 0 Å². The van der Waals surface area contributed by atoms with Crippen molar-refractivity contribution < 1.29 is 0 Å². The normalized spacial score (nSPS) is 19.6. The van der Waals surface area contributed by atoms with E-state index in [0.29, 0.717) is 4.83 Å². The molecule has 0 radical (unpaired) electrons. The van der Waals surface area contributed by atoms with E-state index >= 15 is 0 Å². The van der Waals surface area contributed by atoms with Gasteiger partial charge in [-0.1, -0.05) is 77.9 Å². The molecular formula is C15H21Br. The Bertz CT molecular complexity index is 309. The minimum atomic E-state index is 0.552. The maximum absolute atomic E-state index is 3.85. The maximum atomic E-state index is 3.85. The average molecular weight is 281 g/mol. The molecule has 16 heavy (non-hydrogen) atoms. The van der Waals surface area contributed by atoms with Crippen LogP contribution in [0.3, 0.4) is 0 Å². The molecule has 1 fully saturated rings. The molecule has 88 valence electrons. The van der Waals surface area contributed by atoms with Gasteiger partial charge in [0.25, 0.3) is 0 Å². The van der Waals surface area contributed by atoms with Crippen LogP contribution in [0.1, 0.15) is 54.5 Å². The minimum absolute atomic E-state index is 0.552. The van der Waals surface area contributed by atoms with Gasteiger partial charge in [0, 0.05) is 4.83 Å². The van der Waals surface area contributed by atoms with Crippen LogP contribution in [-0.2, 0) is 0 Å². The number of hydrogen-bond acceptors (Lipinski definition) is 0. The second-order valence-electron chi connectivity index (χ2n) is 5.12. The zero-order chi connectivity index (χ0) is 11.4. The molecule has 0 nitrogen and oxygen atoms in total. The van der Waals surface area contributed by atoms with Crippen LogP contribution < -0.4 is 0 Å². The molecule has 0 saturated heterocycles. The van der Waals surface area contributed by atoms with E-state index in [-0.39, 0.29) is 0 Å². The van der Waals surface area contributed by atoms with Gasteiger partial charge in [-0.15, -0.1) is 0 Å². The fraction of sp³-hybridized carbons (Fsp3) is 0.600. The second kappa shape index (κ2) is 5.86. The van der Waals surface area contributed by atoms with Crippen LogP contribution in [0, 0.1) is 12.8 Å². The molecule has 0 heterocycles. The van der Waals surface area contributed by atoms with Gasteiger partial charge >= 0.3 is 0 Å². The third kappa shape index (κ3) is 3.35. The highest BCUT2D eigenvalue weighted by Gasteiger charge is 2.18. The number of alkyl halides is 1. The van der Waals surface area contributed by atoms with Gasteiger partial charge < -0.3 is 0 Å². The van der Waals surface area contributed by atoms with E-state index in [4.69, 9.17) is 0 Å². The summed E-state index contributed by atoms with van der Waals surface area (Å²) in [6.07, 6.45) is 8.52. The summed E-state index contributed by atoms with van der Waals surface area (Å²) in [5.74, 6) is 0.944. The molecule has 0 amide bonds. The van der Waals surface area contributed by atoms with Crippen molar-refractivity contribution in [3.63, 3.8) is 0 Å². The van der Waals surface area contributed by atoms with Crippen molar-refractivity contribution in [3.8, 4) is 0 Å². The minimum Gasteiger partial charge on any atom is -0.0839 e. The topological polar surface area (TPSA) is 0 Å². The first-order chi connectivity index (χ1) is 7.75. The summed E-state index contributed by atoms with van der Waals surface area (Å²) in [6, 6.07) is 8.95. The lowest BCUT2D eigenvalue weighted by atomic mass is 9.85. The average Bonchev–Trinajstić information content (AvgIpc) is 2.31. The summed E-state index contributed by atoms with van der Waals surface area (Å²) in [4.78, 5) is 0.552. The van der Waals surface area contributed by atoms with Crippen LogP contribution in [0.4, 0.5) is 0 Å². The van der Waals surface area contributed by atoms with Crippen molar-refractivity contribution in [3.05, 3.63) is 35.4 Å². The van der Waals surface area contributed by atoms with Gasteiger partial charge in [-0.3, -0.25) is 0 Å². The Morgan fingerprint density at radius 2 is 1.75 bits per heavy atom. The number of aryl methyl sites for hydroxylation is 1. The number of halogens is 1.